The lowest BCUT2D eigenvalue weighted by molar-refractivity contribution is 0.885. The van der Waals surface area contributed by atoms with Crippen LogP contribution in [0.3, 0.4) is 0 Å². The molecule has 0 unspecified atom stereocenters. The molecule has 3 nitrogen and oxygen atoms in total. The SMILES string of the molecule is Cn1c(C#N)cc(N)c1Br. The van der Waals surface area contributed by atoms with Crippen LogP contribution in [-0.2, 0) is 7.05 Å². The molecule has 52 valence electrons. The zero-order valence-electron chi connectivity index (χ0n) is 5.43. The van der Waals surface area contributed by atoms with Gasteiger partial charge in [-0.15, -0.1) is 0 Å². The highest BCUT2D eigenvalue weighted by Crippen LogP contribution is 2.21. The van der Waals surface area contributed by atoms with Gasteiger partial charge in [0.15, 0.2) is 0 Å². The average molecular weight is 200 g/mol. The van der Waals surface area contributed by atoms with Crippen LogP contribution >= 0.6 is 15.9 Å². The number of hydrogen-bond donors (Lipinski definition) is 1. The molecule has 0 aliphatic carbocycles. The fourth-order valence-corrected chi connectivity index (χ4v) is 1.02. The molecule has 0 saturated heterocycles. The number of anilines is 1. The van der Waals surface area contributed by atoms with E-state index < -0.39 is 0 Å². The zero-order chi connectivity index (χ0) is 7.72. The molecule has 0 amide bonds. The van der Waals surface area contributed by atoms with E-state index in [0.717, 1.165) is 4.60 Å². The zero-order valence-corrected chi connectivity index (χ0v) is 7.01. The van der Waals surface area contributed by atoms with Crippen LogP contribution in [0.2, 0.25) is 0 Å². The molecule has 1 aromatic heterocycles. The van der Waals surface area contributed by atoms with Crippen LogP contribution in [0.15, 0.2) is 10.7 Å². The summed E-state index contributed by atoms with van der Waals surface area (Å²) in [6, 6.07) is 3.64. The van der Waals surface area contributed by atoms with Gasteiger partial charge >= 0.3 is 0 Å². The van der Waals surface area contributed by atoms with Gasteiger partial charge < -0.3 is 10.3 Å². The maximum Gasteiger partial charge on any atom is 0.122 e. The highest BCUT2D eigenvalue weighted by Gasteiger charge is 2.05. The second kappa shape index (κ2) is 2.35. The van der Waals surface area contributed by atoms with Gasteiger partial charge in [-0.05, 0) is 22.0 Å². The van der Waals surface area contributed by atoms with Gasteiger partial charge in [0, 0.05) is 7.05 Å². The molecular formula is C6H6BrN3. The van der Waals surface area contributed by atoms with E-state index in [1.54, 1.807) is 17.7 Å². The lowest BCUT2D eigenvalue weighted by atomic mass is 10.4. The number of halogens is 1. The molecule has 0 radical (unpaired) electrons. The van der Waals surface area contributed by atoms with Gasteiger partial charge in [-0.25, -0.2) is 0 Å². The van der Waals surface area contributed by atoms with Crippen molar-refractivity contribution in [1.82, 2.24) is 4.57 Å². The molecule has 0 atom stereocenters. The van der Waals surface area contributed by atoms with Crippen molar-refractivity contribution >= 4 is 21.6 Å². The smallest absolute Gasteiger partial charge is 0.122 e. The lowest BCUT2D eigenvalue weighted by Gasteiger charge is -1.93. The van der Waals surface area contributed by atoms with E-state index in [4.69, 9.17) is 11.0 Å². The topological polar surface area (TPSA) is 54.7 Å². The van der Waals surface area contributed by atoms with E-state index in [1.165, 1.54) is 0 Å². The largest absolute Gasteiger partial charge is 0.397 e. The van der Waals surface area contributed by atoms with Gasteiger partial charge in [-0.1, -0.05) is 0 Å². The maximum atomic E-state index is 8.51. The quantitative estimate of drug-likeness (QED) is 0.684. The summed E-state index contributed by atoms with van der Waals surface area (Å²) >= 11 is 3.23. The number of rotatable bonds is 0. The number of nitrogens with two attached hydrogens (primary N) is 1. The van der Waals surface area contributed by atoms with Crippen LogP contribution in [0.25, 0.3) is 0 Å². The van der Waals surface area contributed by atoms with Gasteiger partial charge in [0.1, 0.15) is 16.4 Å². The molecule has 0 aliphatic heterocycles. The Morgan fingerprint density at radius 3 is 2.60 bits per heavy atom. The van der Waals surface area contributed by atoms with Crippen LogP contribution in [-0.4, -0.2) is 4.57 Å². The number of aromatic nitrogens is 1. The summed E-state index contributed by atoms with van der Waals surface area (Å²) in [5.41, 5.74) is 6.65. The lowest BCUT2D eigenvalue weighted by Crippen LogP contribution is -1.91. The van der Waals surface area contributed by atoms with Gasteiger partial charge in [0.25, 0.3) is 0 Å². The Bertz CT molecular complexity index is 295. The predicted octanol–water partition coefficient (Wildman–Crippen LogP) is 1.24. The summed E-state index contributed by atoms with van der Waals surface area (Å²) in [4.78, 5) is 0. The van der Waals surface area contributed by atoms with Gasteiger partial charge in [0.2, 0.25) is 0 Å². The van der Waals surface area contributed by atoms with Crippen molar-refractivity contribution < 1.29 is 0 Å². The van der Waals surface area contributed by atoms with E-state index in [-0.39, 0.29) is 0 Å². The third-order valence-corrected chi connectivity index (χ3v) is 2.29. The number of nitrogens with zero attached hydrogens (tertiary/aromatic N) is 2. The maximum absolute atomic E-state index is 8.51. The Balaban J connectivity index is 3.34. The Morgan fingerprint density at radius 1 is 1.80 bits per heavy atom. The van der Waals surface area contributed by atoms with Gasteiger partial charge in [-0.2, -0.15) is 5.26 Å². The minimum absolute atomic E-state index is 0.560. The van der Waals surface area contributed by atoms with Crippen LogP contribution in [0.5, 0.6) is 0 Å². The first kappa shape index (κ1) is 7.16. The van der Waals surface area contributed by atoms with Crippen molar-refractivity contribution in [3.63, 3.8) is 0 Å². The first-order chi connectivity index (χ1) is 4.66. The third-order valence-electron chi connectivity index (χ3n) is 1.30. The summed E-state index contributed by atoms with van der Waals surface area (Å²) in [5.74, 6) is 0. The molecule has 10 heavy (non-hydrogen) atoms. The van der Waals surface area contributed by atoms with Crippen LogP contribution < -0.4 is 5.73 Å². The minimum atomic E-state index is 0.560. The molecular weight excluding hydrogens is 194 g/mol. The normalized spacial score (nSPS) is 9.30. The molecule has 4 heteroatoms. The summed E-state index contributed by atoms with van der Waals surface area (Å²) < 4.78 is 2.44. The highest BCUT2D eigenvalue weighted by molar-refractivity contribution is 9.10. The van der Waals surface area contributed by atoms with Crippen molar-refractivity contribution in [3.05, 3.63) is 16.4 Å². The number of nitrogen functional groups attached to an aromatic ring is 1. The first-order valence-electron chi connectivity index (χ1n) is 2.67. The summed E-state index contributed by atoms with van der Waals surface area (Å²) in [6.07, 6.45) is 0. The van der Waals surface area contributed by atoms with E-state index in [0.29, 0.717) is 11.4 Å². The summed E-state index contributed by atoms with van der Waals surface area (Å²) in [6.45, 7) is 0. The Kier molecular flexibility index (Phi) is 1.68. The van der Waals surface area contributed by atoms with E-state index in [9.17, 15) is 0 Å². The Morgan fingerprint density at radius 2 is 2.40 bits per heavy atom. The molecule has 0 fully saturated rings. The second-order valence-electron chi connectivity index (χ2n) is 1.95. The monoisotopic (exact) mass is 199 g/mol. The van der Waals surface area contributed by atoms with Crippen LogP contribution in [0.4, 0.5) is 5.69 Å². The van der Waals surface area contributed by atoms with Crippen molar-refractivity contribution in [3.8, 4) is 6.07 Å². The van der Waals surface area contributed by atoms with Crippen LogP contribution in [0, 0.1) is 11.3 Å². The highest BCUT2D eigenvalue weighted by atomic mass is 79.9. The number of hydrogen-bond acceptors (Lipinski definition) is 2. The second-order valence-corrected chi connectivity index (χ2v) is 2.70. The Labute approximate surface area is 67.2 Å². The van der Waals surface area contributed by atoms with Crippen molar-refractivity contribution in [2.75, 3.05) is 5.73 Å². The average Bonchev–Trinajstić information content (AvgIpc) is 2.17. The molecule has 0 bridgehead atoms. The summed E-state index contributed by atoms with van der Waals surface area (Å²) in [7, 11) is 1.78. The standard InChI is InChI=1S/C6H6BrN3/c1-10-4(3-8)2-5(9)6(10)7/h2H,9H2,1H3. The minimum Gasteiger partial charge on any atom is -0.397 e. The van der Waals surface area contributed by atoms with Gasteiger partial charge in [-0.3, -0.25) is 0 Å². The molecule has 0 aromatic carbocycles. The molecule has 0 saturated carbocycles. The van der Waals surface area contributed by atoms with Crippen molar-refractivity contribution in [2.45, 2.75) is 0 Å². The first-order valence-corrected chi connectivity index (χ1v) is 3.47. The predicted molar refractivity (Wildman–Crippen MR) is 42.2 cm³/mol. The molecule has 2 N–H and O–H groups in total. The molecule has 1 aromatic rings. The molecule has 0 aliphatic rings. The Hall–Kier alpha value is -0.950. The van der Waals surface area contributed by atoms with Crippen molar-refractivity contribution in [1.29, 1.82) is 5.26 Å². The van der Waals surface area contributed by atoms with E-state index in [2.05, 4.69) is 15.9 Å². The summed E-state index contributed by atoms with van der Waals surface area (Å²) in [5, 5.41) is 8.51. The number of nitriles is 1. The van der Waals surface area contributed by atoms with E-state index in [1.807, 2.05) is 6.07 Å². The fourth-order valence-electron chi connectivity index (χ4n) is 0.710. The molecule has 0 spiro atoms. The van der Waals surface area contributed by atoms with Crippen LogP contribution in [0.1, 0.15) is 5.69 Å². The van der Waals surface area contributed by atoms with Gasteiger partial charge in [0.05, 0.1) is 5.69 Å². The fraction of sp³-hybridized carbons (Fsp3) is 0.167. The van der Waals surface area contributed by atoms with Crippen molar-refractivity contribution in [2.24, 2.45) is 7.05 Å². The van der Waals surface area contributed by atoms with E-state index >= 15 is 0 Å². The molecule has 1 heterocycles. The third kappa shape index (κ3) is 0.888. The molecule has 1 rings (SSSR count).